The van der Waals surface area contributed by atoms with E-state index in [4.69, 9.17) is 4.74 Å². The van der Waals surface area contributed by atoms with E-state index in [-0.39, 0.29) is 17.3 Å². The summed E-state index contributed by atoms with van der Waals surface area (Å²) < 4.78 is 6.70. The molecular weight excluding hydrogens is 366 g/mol. The molecule has 0 spiro atoms. The Morgan fingerprint density at radius 3 is 2.77 bits per heavy atom. The molecule has 1 fully saturated rings. The molecule has 0 bridgehead atoms. The van der Waals surface area contributed by atoms with Gasteiger partial charge in [0.25, 0.3) is 0 Å². The summed E-state index contributed by atoms with van der Waals surface area (Å²) in [6.07, 6.45) is 1.46. The van der Waals surface area contributed by atoms with E-state index in [1.807, 2.05) is 23.6 Å². The molecule has 0 radical (unpaired) electrons. The Morgan fingerprint density at radius 1 is 1.36 bits per heavy atom. The SMILES string of the molecule is COC(=O)C1CCN(c2csc3ccc(Br)cc3c2=O)CC1. The number of anilines is 1. The normalized spacial score (nSPS) is 16.0. The first kappa shape index (κ1) is 15.5. The van der Waals surface area contributed by atoms with Crippen molar-refractivity contribution >= 4 is 49.0 Å². The van der Waals surface area contributed by atoms with Gasteiger partial charge in [-0.25, -0.2) is 0 Å². The van der Waals surface area contributed by atoms with Crippen LogP contribution in [0, 0.1) is 5.92 Å². The number of nitrogens with zero attached hydrogens (tertiary/aromatic N) is 1. The van der Waals surface area contributed by atoms with Gasteiger partial charge in [0.05, 0.1) is 18.7 Å². The number of carbonyl (C=O) groups excluding carboxylic acids is 1. The minimum Gasteiger partial charge on any atom is -0.469 e. The third-order valence-corrected chi connectivity index (χ3v) is 5.53. The first-order chi connectivity index (χ1) is 10.6. The standard InChI is InChI=1S/C16H16BrNO3S/c1-21-16(20)10-4-6-18(7-5-10)13-9-22-14-3-2-11(17)8-12(14)15(13)19/h2-3,8-10H,4-7H2,1H3. The number of piperidine rings is 1. The Morgan fingerprint density at radius 2 is 2.09 bits per heavy atom. The summed E-state index contributed by atoms with van der Waals surface area (Å²) in [6.45, 7) is 1.42. The first-order valence-corrected chi connectivity index (χ1v) is 8.81. The summed E-state index contributed by atoms with van der Waals surface area (Å²) in [5, 5.41) is 2.67. The lowest BCUT2D eigenvalue weighted by Crippen LogP contribution is -2.38. The highest BCUT2D eigenvalue weighted by Gasteiger charge is 2.26. The summed E-state index contributed by atoms with van der Waals surface area (Å²) in [7, 11) is 1.42. The van der Waals surface area contributed by atoms with Gasteiger partial charge in [0.1, 0.15) is 0 Å². The topological polar surface area (TPSA) is 46.6 Å². The molecule has 2 aromatic rings. The van der Waals surface area contributed by atoms with Gasteiger partial charge in [0, 0.05) is 33.0 Å². The van der Waals surface area contributed by atoms with E-state index >= 15 is 0 Å². The fourth-order valence-electron chi connectivity index (χ4n) is 2.83. The van der Waals surface area contributed by atoms with Crippen LogP contribution in [0.15, 0.2) is 32.8 Å². The maximum Gasteiger partial charge on any atom is 0.308 e. The molecule has 1 aliphatic rings. The minimum atomic E-state index is -0.146. The highest BCUT2D eigenvalue weighted by Crippen LogP contribution is 2.27. The lowest BCUT2D eigenvalue weighted by molar-refractivity contribution is -0.146. The van der Waals surface area contributed by atoms with Crippen molar-refractivity contribution in [2.75, 3.05) is 25.1 Å². The Bertz CT molecular complexity index is 766. The maximum atomic E-state index is 12.7. The van der Waals surface area contributed by atoms with Crippen LogP contribution in [0.25, 0.3) is 10.1 Å². The quantitative estimate of drug-likeness (QED) is 0.747. The first-order valence-electron chi connectivity index (χ1n) is 7.14. The van der Waals surface area contributed by atoms with E-state index < -0.39 is 0 Å². The molecule has 116 valence electrons. The zero-order valence-corrected chi connectivity index (χ0v) is 14.6. The van der Waals surface area contributed by atoms with Crippen LogP contribution in [0.5, 0.6) is 0 Å². The molecule has 0 atom stereocenters. The van der Waals surface area contributed by atoms with Crippen molar-refractivity contribution in [2.45, 2.75) is 12.8 Å². The molecule has 1 aliphatic heterocycles. The Balaban J connectivity index is 1.87. The van der Waals surface area contributed by atoms with Crippen molar-refractivity contribution in [2.24, 2.45) is 5.92 Å². The summed E-state index contributed by atoms with van der Waals surface area (Å²) in [4.78, 5) is 26.4. The second-order valence-corrected chi connectivity index (χ2v) is 7.20. The second-order valence-electron chi connectivity index (χ2n) is 5.38. The molecule has 1 saturated heterocycles. The predicted molar refractivity (Wildman–Crippen MR) is 92.7 cm³/mol. The van der Waals surface area contributed by atoms with Crippen molar-refractivity contribution in [3.05, 3.63) is 38.3 Å². The molecular formula is C16H16BrNO3S. The number of hydrogen-bond acceptors (Lipinski definition) is 5. The van der Waals surface area contributed by atoms with Crippen molar-refractivity contribution < 1.29 is 9.53 Å². The summed E-state index contributed by atoms with van der Waals surface area (Å²) in [5.74, 6) is -0.193. The fraction of sp³-hybridized carbons (Fsp3) is 0.375. The monoisotopic (exact) mass is 381 g/mol. The van der Waals surface area contributed by atoms with Crippen molar-refractivity contribution in [3.8, 4) is 0 Å². The number of carbonyl (C=O) groups is 1. The van der Waals surface area contributed by atoms with Crippen LogP contribution in [-0.2, 0) is 9.53 Å². The second kappa shape index (κ2) is 6.38. The van der Waals surface area contributed by atoms with E-state index in [0.717, 1.165) is 33.1 Å². The van der Waals surface area contributed by atoms with Crippen LogP contribution in [0.3, 0.4) is 0 Å². The molecule has 0 amide bonds. The van der Waals surface area contributed by atoms with E-state index in [1.54, 1.807) is 11.3 Å². The molecule has 0 N–H and O–H groups in total. The number of rotatable bonds is 2. The Hall–Kier alpha value is -1.40. The van der Waals surface area contributed by atoms with Crippen LogP contribution >= 0.6 is 27.3 Å². The molecule has 0 aliphatic carbocycles. The highest BCUT2D eigenvalue weighted by molar-refractivity contribution is 9.10. The molecule has 0 unspecified atom stereocenters. The number of ether oxygens (including phenoxy) is 1. The van der Waals surface area contributed by atoms with Crippen LogP contribution in [0.4, 0.5) is 5.69 Å². The Kier molecular flexibility index (Phi) is 4.49. The number of benzene rings is 1. The van der Waals surface area contributed by atoms with Crippen molar-refractivity contribution in [3.63, 3.8) is 0 Å². The molecule has 2 heterocycles. The molecule has 3 rings (SSSR count). The number of esters is 1. The van der Waals surface area contributed by atoms with E-state index in [0.29, 0.717) is 13.1 Å². The van der Waals surface area contributed by atoms with Gasteiger partial charge in [-0.2, -0.15) is 0 Å². The van der Waals surface area contributed by atoms with Gasteiger partial charge in [0.2, 0.25) is 5.43 Å². The van der Waals surface area contributed by atoms with E-state index in [2.05, 4.69) is 20.8 Å². The lowest BCUT2D eigenvalue weighted by atomic mass is 9.97. The van der Waals surface area contributed by atoms with Gasteiger partial charge in [-0.05, 0) is 31.0 Å². The van der Waals surface area contributed by atoms with Gasteiger partial charge >= 0.3 is 5.97 Å². The maximum absolute atomic E-state index is 12.7. The highest BCUT2D eigenvalue weighted by atomic mass is 79.9. The molecule has 1 aromatic heterocycles. The summed E-state index contributed by atoms with van der Waals surface area (Å²) in [6, 6.07) is 5.78. The van der Waals surface area contributed by atoms with Crippen molar-refractivity contribution in [1.29, 1.82) is 0 Å². The molecule has 22 heavy (non-hydrogen) atoms. The number of hydrogen-bond donors (Lipinski definition) is 0. The number of fused-ring (bicyclic) bond motifs is 1. The third kappa shape index (κ3) is 2.90. The van der Waals surface area contributed by atoms with E-state index in [1.165, 1.54) is 7.11 Å². The zero-order valence-electron chi connectivity index (χ0n) is 12.2. The molecule has 0 saturated carbocycles. The molecule has 6 heteroatoms. The minimum absolute atomic E-state index is 0.0466. The third-order valence-electron chi connectivity index (χ3n) is 4.09. The van der Waals surface area contributed by atoms with Crippen LogP contribution in [-0.4, -0.2) is 26.2 Å². The largest absolute Gasteiger partial charge is 0.469 e. The van der Waals surface area contributed by atoms with Gasteiger partial charge in [-0.3, -0.25) is 9.59 Å². The van der Waals surface area contributed by atoms with E-state index in [9.17, 15) is 9.59 Å². The van der Waals surface area contributed by atoms with Crippen LogP contribution in [0.2, 0.25) is 0 Å². The molecule has 1 aromatic carbocycles. The van der Waals surface area contributed by atoms with Crippen LogP contribution < -0.4 is 10.3 Å². The average Bonchev–Trinajstić information content (AvgIpc) is 2.55. The number of halogens is 1. The summed E-state index contributed by atoms with van der Waals surface area (Å²) in [5.41, 5.74) is 0.797. The van der Waals surface area contributed by atoms with Gasteiger partial charge < -0.3 is 9.64 Å². The lowest BCUT2D eigenvalue weighted by Gasteiger charge is -2.31. The predicted octanol–water partition coefficient (Wildman–Crippen LogP) is 3.41. The fourth-order valence-corrected chi connectivity index (χ4v) is 4.12. The van der Waals surface area contributed by atoms with Gasteiger partial charge in [-0.1, -0.05) is 15.9 Å². The van der Waals surface area contributed by atoms with Gasteiger partial charge in [-0.15, -0.1) is 11.3 Å². The van der Waals surface area contributed by atoms with Crippen LogP contribution in [0.1, 0.15) is 12.8 Å². The molecule has 4 nitrogen and oxygen atoms in total. The summed E-state index contributed by atoms with van der Waals surface area (Å²) >= 11 is 5.00. The Labute approximate surface area is 140 Å². The average molecular weight is 382 g/mol. The van der Waals surface area contributed by atoms with Crippen molar-refractivity contribution in [1.82, 2.24) is 0 Å². The number of methoxy groups -OCH3 is 1. The zero-order chi connectivity index (χ0) is 15.7. The van der Waals surface area contributed by atoms with Gasteiger partial charge in [0.15, 0.2) is 0 Å². The smallest absolute Gasteiger partial charge is 0.308 e.